The quantitative estimate of drug-likeness (QED) is 0.0171. The number of benzene rings is 4. The average Bonchev–Trinajstić information content (AvgIpc) is 3.19. The van der Waals surface area contributed by atoms with Gasteiger partial charge in [-0.1, -0.05) is 103 Å². The van der Waals surface area contributed by atoms with Gasteiger partial charge in [-0.15, -0.1) is 0 Å². The van der Waals surface area contributed by atoms with E-state index in [0.29, 0.717) is 5.75 Å². The average molecular weight is 716 g/mol. The van der Waals surface area contributed by atoms with Gasteiger partial charge in [0.05, 0.1) is 30.3 Å². The van der Waals surface area contributed by atoms with Crippen molar-refractivity contribution >= 4 is 35.3 Å². The van der Waals surface area contributed by atoms with Gasteiger partial charge in [0.1, 0.15) is 17.2 Å². The van der Waals surface area contributed by atoms with Crippen molar-refractivity contribution in [1.82, 2.24) is 0 Å². The second-order valence-electron chi connectivity index (χ2n) is 13.3. The van der Waals surface area contributed by atoms with Crippen LogP contribution in [0.2, 0.25) is 0 Å². The molecule has 0 fully saturated rings. The summed E-state index contributed by atoms with van der Waals surface area (Å²) in [6, 6.07) is 30.2. The van der Waals surface area contributed by atoms with Crippen LogP contribution in [0.3, 0.4) is 0 Å². The van der Waals surface area contributed by atoms with Gasteiger partial charge in [-0.2, -0.15) is 10.2 Å². The Morgan fingerprint density at radius 1 is 0.491 bits per heavy atom. The third kappa shape index (κ3) is 17.4. The highest BCUT2D eigenvalue weighted by Gasteiger charge is 2.02. The minimum atomic E-state index is -0.441. The first kappa shape index (κ1) is 40.7. The van der Waals surface area contributed by atoms with Crippen LogP contribution >= 0.6 is 0 Å². The lowest BCUT2D eigenvalue weighted by Crippen LogP contribution is -2.03. The van der Waals surface area contributed by atoms with Crippen molar-refractivity contribution in [3.05, 3.63) is 114 Å². The maximum Gasteiger partial charge on any atom is 0.336 e. The number of carbonyl (C=O) groups excluding carboxylic acids is 1. The molecule has 0 saturated heterocycles. The van der Waals surface area contributed by atoms with E-state index in [1.165, 1.54) is 83.1 Å². The van der Waals surface area contributed by atoms with Crippen molar-refractivity contribution in [2.24, 2.45) is 15.2 Å². The molecule has 0 bridgehead atoms. The fourth-order valence-electron chi connectivity index (χ4n) is 5.59. The number of ether oxygens (including phenoxy) is 3. The Morgan fingerprint density at radius 2 is 0.906 bits per heavy atom. The minimum Gasteiger partial charge on any atom is -0.494 e. The zero-order chi connectivity index (χ0) is 37.2. The molecule has 0 unspecified atom stereocenters. The van der Waals surface area contributed by atoms with Gasteiger partial charge in [0.2, 0.25) is 0 Å². The third-order valence-electron chi connectivity index (χ3n) is 8.75. The van der Waals surface area contributed by atoms with Gasteiger partial charge >= 0.3 is 5.97 Å². The molecule has 0 spiro atoms. The summed E-state index contributed by atoms with van der Waals surface area (Å²) in [5, 5.41) is 8.67. The van der Waals surface area contributed by atoms with Gasteiger partial charge in [-0.05, 0) is 115 Å². The topological polar surface area (TPSA) is 81.8 Å². The Morgan fingerprint density at radius 3 is 1.45 bits per heavy atom. The molecule has 4 rings (SSSR count). The Balaban J connectivity index is 1.11. The SMILES string of the molecule is CCCCCCCCCCCCOc1ccc(/C=C/C(=O)Oc2ccc(C=Nc3ccc(N=Nc4ccc(OCCCCCC)cc4)cc3)cc2)cc1. The highest BCUT2D eigenvalue weighted by Crippen LogP contribution is 2.24. The lowest BCUT2D eigenvalue weighted by molar-refractivity contribution is -0.128. The van der Waals surface area contributed by atoms with E-state index in [9.17, 15) is 4.79 Å². The van der Waals surface area contributed by atoms with E-state index < -0.39 is 5.97 Å². The Labute approximate surface area is 317 Å². The maximum absolute atomic E-state index is 12.4. The lowest BCUT2D eigenvalue weighted by atomic mass is 10.1. The predicted molar refractivity (Wildman–Crippen MR) is 219 cm³/mol. The number of rotatable bonds is 25. The van der Waals surface area contributed by atoms with E-state index in [4.69, 9.17) is 14.2 Å². The molecule has 7 heteroatoms. The van der Waals surface area contributed by atoms with Gasteiger partial charge in [-0.3, -0.25) is 4.99 Å². The van der Waals surface area contributed by atoms with E-state index in [-0.39, 0.29) is 0 Å². The number of azo groups is 1. The van der Waals surface area contributed by atoms with Crippen LogP contribution in [0.15, 0.2) is 118 Å². The first-order valence-corrected chi connectivity index (χ1v) is 19.6. The molecule has 4 aromatic carbocycles. The Kier molecular flexibility index (Phi) is 19.2. The molecule has 0 atom stereocenters. The summed E-state index contributed by atoms with van der Waals surface area (Å²) < 4.78 is 17.2. The van der Waals surface area contributed by atoms with Crippen molar-refractivity contribution in [2.75, 3.05) is 13.2 Å². The summed E-state index contributed by atoms with van der Waals surface area (Å²) in [7, 11) is 0. The third-order valence-corrected chi connectivity index (χ3v) is 8.75. The van der Waals surface area contributed by atoms with E-state index in [0.717, 1.165) is 65.7 Å². The highest BCUT2D eigenvalue weighted by molar-refractivity contribution is 5.89. The minimum absolute atomic E-state index is 0.441. The van der Waals surface area contributed by atoms with Crippen LogP contribution in [0.5, 0.6) is 17.2 Å². The van der Waals surface area contributed by atoms with Gasteiger partial charge < -0.3 is 14.2 Å². The van der Waals surface area contributed by atoms with Crippen molar-refractivity contribution in [2.45, 2.75) is 104 Å². The smallest absolute Gasteiger partial charge is 0.336 e. The second kappa shape index (κ2) is 25.0. The molecule has 0 heterocycles. The molecule has 0 aliphatic heterocycles. The van der Waals surface area contributed by atoms with Crippen LogP contribution in [0, 0.1) is 0 Å². The second-order valence-corrected chi connectivity index (χ2v) is 13.3. The molecule has 0 radical (unpaired) electrons. The first-order valence-electron chi connectivity index (χ1n) is 19.6. The molecule has 4 aromatic rings. The molecular formula is C46H57N3O4. The van der Waals surface area contributed by atoms with Gasteiger partial charge in [-0.25, -0.2) is 4.79 Å². The first-order chi connectivity index (χ1) is 26.1. The maximum atomic E-state index is 12.4. The summed E-state index contributed by atoms with van der Waals surface area (Å²) in [6.07, 6.45) is 22.8. The number of hydrogen-bond acceptors (Lipinski definition) is 7. The van der Waals surface area contributed by atoms with Crippen LogP contribution in [0.1, 0.15) is 115 Å². The molecule has 0 aliphatic rings. The number of unbranched alkanes of at least 4 members (excludes halogenated alkanes) is 12. The van der Waals surface area contributed by atoms with Crippen LogP contribution in [-0.2, 0) is 4.79 Å². The van der Waals surface area contributed by atoms with Gasteiger partial charge in [0, 0.05) is 12.3 Å². The molecule has 0 N–H and O–H groups in total. The number of aliphatic imine (C=N–C) groups is 1. The normalized spacial score (nSPS) is 11.5. The van der Waals surface area contributed by atoms with Crippen LogP contribution in [-0.4, -0.2) is 25.4 Å². The molecule has 0 saturated carbocycles. The van der Waals surface area contributed by atoms with Crippen molar-refractivity contribution in [3.63, 3.8) is 0 Å². The molecule has 53 heavy (non-hydrogen) atoms. The van der Waals surface area contributed by atoms with Gasteiger partial charge in [0.25, 0.3) is 0 Å². The van der Waals surface area contributed by atoms with E-state index in [1.54, 1.807) is 24.4 Å². The van der Waals surface area contributed by atoms with E-state index >= 15 is 0 Å². The molecule has 0 aromatic heterocycles. The Hall–Kier alpha value is -5.04. The molecular weight excluding hydrogens is 659 g/mol. The fourth-order valence-corrected chi connectivity index (χ4v) is 5.59. The van der Waals surface area contributed by atoms with E-state index in [2.05, 4.69) is 29.1 Å². The monoisotopic (exact) mass is 715 g/mol. The fraction of sp³-hybridized carbons (Fsp3) is 0.391. The lowest BCUT2D eigenvalue weighted by Gasteiger charge is -2.06. The van der Waals surface area contributed by atoms with Crippen LogP contribution in [0.25, 0.3) is 6.08 Å². The van der Waals surface area contributed by atoms with Gasteiger partial charge in [0.15, 0.2) is 0 Å². The molecule has 280 valence electrons. The summed E-state index contributed by atoms with van der Waals surface area (Å²) in [4.78, 5) is 17.0. The van der Waals surface area contributed by atoms with Crippen LogP contribution in [0.4, 0.5) is 17.1 Å². The largest absolute Gasteiger partial charge is 0.494 e. The predicted octanol–water partition coefficient (Wildman–Crippen LogP) is 13.7. The zero-order valence-electron chi connectivity index (χ0n) is 31.8. The molecule has 0 aliphatic carbocycles. The van der Waals surface area contributed by atoms with Crippen molar-refractivity contribution in [1.29, 1.82) is 0 Å². The summed E-state index contributed by atoms with van der Waals surface area (Å²) in [5.74, 6) is 1.72. The number of hydrogen-bond donors (Lipinski definition) is 0. The zero-order valence-corrected chi connectivity index (χ0v) is 31.8. The molecule has 7 nitrogen and oxygen atoms in total. The molecule has 0 amide bonds. The van der Waals surface area contributed by atoms with Crippen molar-refractivity contribution < 1.29 is 19.0 Å². The highest BCUT2D eigenvalue weighted by atomic mass is 16.5. The summed E-state index contributed by atoms with van der Waals surface area (Å²) in [5.41, 5.74) is 4.08. The number of nitrogens with zero attached hydrogens (tertiary/aromatic N) is 3. The Bertz CT molecular complexity index is 1660. The number of carbonyl (C=O) groups is 1. The van der Waals surface area contributed by atoms with Crippen LogP contribution < -0.4 is 14.2 Å². The standard InChI is InChI=1S/C46H57N3O4/c1-3-5-7-9-10-11-12-13-14-16-36-51-43-28-17-38(18-29-43)21-34-46(50)53-45-30-19-39(20-31-45)37-47-40-22-24-41(25-23-40)48-49-42-26-32-44(33-27-42)52-35-15-8-6-4-2/h17-34,37H,3-16,35-36H2,1-2H3/b34-21+,47-37?,49-48?. The van der Waals surface area contributed by atoms with E-state index in [1.807, 2.05) is 84.9 Å². The summed E-state index contributed by atoms with van der Waals surface area (Å²) >= 11 is 0. The van der Waals surface area contributed by atoms with Crippen molar-refractivity contribution in [3.8, 4) is 17.2 Å². The number of esters is 1. The summed E-state index contributed by atoms with van der Waals surface area (Å²) in [6.45, 7) is 5.94.